The van der Waals surface area contributed by atoms with Crippen LogP contribution in [0.2, 0.25) is 0 Å². The molecule has 0 radical (unpaired) electrons. The molecule has 1 heterocycles. The summed E-state index contributed by atoms with van der Waals surface area (Å²) in [6.45, 7) is 3.15. The van der Waals surface area contributed by atoms with Crippen LogP contribution in [0.5, 0.6) is 0 Å². The van der Waals surface area contributed by atoms with Crippen LogP contribution in [0.15, 0.2) is 47.4 Å². The Bertz CT molecular complexity index is 1170. The predicted octanol–water partition coefficient (Wildman–Crippen LogP) is 4.88. The minimum Gasteiger partial charge on any atom is -0.366 e. The maximum absolute atomic E-state index is 13.3. The van der Waals surface area contributed by atoms with E-state index >= 15 is 0 Å². The van der Waals surface area contributed by atoms with E-state index in [0.29, 0.717) is 12.1 Å². The number of alkyl halides is 6. The van der Waals surface area contributed by atoms with E-state index in [1.807, 2.05) is 0 Å². The third-order valence-electron chi connectivity index (χ3n) is 5.48. The van der Waals surface area contributed by atoms with E-state index in [4.69, 9.17) is 5.26 Å². The van der Waals surface area contributed by atoms with Crippen LogP contribution in [-0.4, -0.2) is 37.9 Å². The van der Waals surface area contributed by atoms with Crippen molar-refractivity contribution in [3.05, 3.63) is 59.2 Å². The molecule has 12 heteroatoms. The molecule has 2 atom stereocenters. The molecule has 0 bridgehead atoms. The van der Waals surface area contributed by atoms with Gasteiger partial charge in [0.2, 0.25) is 10.0 Å². The highest BCUT2D eigenvalue weighted by Gasteiger charge is 2.39. The summed E-state index contributed by atoms with van der Waals surface area (Å²) in [4.78, 5) is 1.31. The zero-order valence-electron chi connectivity index (χ0n) is 17.4. The molecule has 3 rings (SSSR count). The van der Waals surface area contributed by atoms with Gasteiger partial charge in [0, 0.05) is 30.9 Å². The highest BCUT2D eigenvalue weighted by molar-refractivity contribution is 7.89. The molecular weight excluding hydrogens is 472 g/mol. The lowest BCUT2D eigenvalue weighted by molar-refractivity contribution is -0.138. The second kappa shape index (κ2) is 8.53. The third-order valence-corrected chi connectivity index (χ3v) is 7.47. The fourth-order valence-corrected chi connectivity index (χ4v) is 5.49. The van der Waals surface area contributed by atoms with E-state index in [-0.39, 0.29) is 23.7 Å². The Labute approximate surface area is 186 Å². The summed E-state index contributed by atoms with van der Waals surface area (Å²) in [5, 5.41) is 8.97. The van der Waals surface area contributed by atoms with Crippen LogP contribution < -0.4 is 4.90 Å². The standard InChI is InChI=1S/C21H19F6N3O2S/c1-13-12-30(33(31,32)18-7-4-16(5-8-18)20(22,23)24)14(2)11-29(13)17-6-3-15(10-28)19(9-17)21(25,26)27/h3-9,13-14H,11-12H2,1-2H3/t13-,14+/m0/s1. The van der Waals surface area contributed by atoms with Gasteiger partial charge in [-0.05, 0) is 56.3 Å². The Kier molecular flexibility index (Phi) is 6.43. The molecular formula is C21H19F6N3O2S. The number of benzene rings is 2. The minimum absolute atomic E-state index is 0.0459. The molecule has 2 aromatic rings. The molecule has 1 aliphatic heterocycles. The number of rotatable bonds is 3. The smallest absolute Gasteiger partial charge is 0.366 e. The third kappa shape index (κ3) is 4.94. The van der Waals surface area contributed by atoms with E-state index in [9.17, 15) is 34.8 Å². The summed E-state index contributed by atoms with van der Waals surface area (Å²) in [5.41, 5.74) is -2.39. The van der Waals surface area contributed by atoms with Gasteiger partial charge in [0.25, 0.3) is 0 Å². The molecule has 1 aliphatic rings. The quantitative estimate of drug-likeness (QED) is 0.574. The molecule has 0 unspecified atom stereocenters. The van der Waals surface area contributed by atoms with Gasteiger partial charge < -0.3 is 4.90 Å². The SMILES string of the molecule is C[C@@H]1CN(c2ccc(C#N)c(C(F)(F)F)c2)[C@@H](C)CN1S(=O)(=O)c1ccc(C(F)(F)F)cc1. The number of sulfonamides is 1. The Morgan fingerprint density at radius 3 is 2.03 bits per heavy atom. The number of piperazine rings is 1. The Morgan fingerprint density at radius 1 is 0.909 bits per heavy atom. The molecule has 33 heavy (non-hydrogen) atoms. The van der Waals surface area contributed by atoms with E-state index < -0.39 is 51.1 Å². The molecule has 0 aromatic heterocycles. The molecule has 0 N–H and O–H groups in total. The van der Waals surface area contributed by atoms with Gasteiger partial charge in [0.05, 0.1) is 27.7 Å². The zero-order chi connectivity index (χ0) is 24.8. The van der Waals surface area contributed by atoms with Gasteiger partial charge in [-0.15, -0.1) is 0 Å². The number of nitriles is 1. The highest BCUT2D eigenvalue weighted by Crippen LogP contribution is 2.36. The summed E-state index contributed by atoms with van der Waals surface area (Å²) < 4.78 is 106. The van der Waals surface area contributed by atoms with Gasteiger partial charge in [0.15, 0.2) is 0 Å². The van der Waals surface area contributed by atoms with Crippen LogP contribution in [0.3, 0.4) is 0 Å². The van der Waals surface area contributed by atoms with Crippen molar-refractivity contribution in [1.29, 1.82) is 5.26 Å². The average molecular weight is 491 g/mol. The van der Waals surface area contributed by atoms with Gasteiger partial charge >= 0.3 is 12.4 Å². The van der Waals surface area contributed by atoms with Gasteiger partial charge in [-0.1, -0.05) is 0 Å². The summed E-state index contributed by atoms with van der Waals surface area (Å²) in [5.74, 6) is 0. The first-order valence-electron chi connectivity index (χ1n) is 9.73. The lowest BCUT2D eigenvalue weighted by Gasteiger charge is -2.44. The number of halogens is 6. The van der Waals surface area contributed by atoms with E-state index in [1.54, 1.807) is 18.7 Å². The molecule has 0 spiro atoms. The van der Waals surface area contributed by atoms with Crippen molar-refractivity contribution in [3.8, 4) is 6.07 Å². The van der Waals surface area contributed by atoms with Crippen LogP contribution in [-0.2, 0) is 22.4 Å². The van der Waals surface area contributed by atoms with Crippen molar-refractivity contribution in [3.63, 3.8) is 0 Å². The topological polar surface area (TPSA) is 64.4 Å². The number of nitrogens with zero attached hydrogens (tertiary/aromatic N) is 3. The number of hydrogen-bond donors (Lipinski definition) is 0. The van der Waals surface area contributed by atoms with Crippen LogP contribution >= 0.6 is 0 Å². The Hall–Kier alpha value is -2.78. The Morgan fingerprint density at radius 2 is 1.52 bits per heavy atom. The molecule has 178 valence electrons. The first-order valence-corrected chi connectivity index (χ1v) is 11.2. The minimum atomic E-state index is -4.73. The van der Waals surface area contributed by atoms with Gasteiger partial charge in [-0.3, -0.25) is 0 Å². The van der Waals surface area contributed by atoms with Crippen molar-refractivity contribution in [2.45, 2.75) is 43.2 Å². The fourth-order valence-electron chi connectivity index (χ4n) is 3.78. The van der Waals surface area contributed by atoms with Crippen molar-refractivity contribution < 1.29 is 34.8 Å². The van der Waals surface area contributed by atoms with Crippen LogP contribution in [0.4, 0.5) is 32.0 Å². The summed E-state index contributed by atoms with van der Waals surface area (Å²) in [7, 11) is -4.14. The summed E-state index contributed by atoms with van der Waals surface area (Å²) >= 11 is 0. The number of anilines is 1. The second-order valence-electron chi connectivity index (χ2n) is 7.79. The van der Waals surface area contributed by atoms with Crippen molar-refractivity contribution in [2.24, 2.45) is 0 Å². The lowest BCUT2D eigenvalue weighted by Crippen LogP contribution is -2.58. The largest absolute Gasteiger partial charge is 0.417 e. The zero-order valence-corrected chi connectivity index (χ0v) is 18.3. The molecule has 0 aliphatic carbocycles. The van der Waals surface area contributed by atoms with Crippen molar-refractivity contribution in [2.75, 3.05) is 18.0 Å². The van der Waals surface area contributed by atoms with E-state index in [0.717, 1.165) is 28.6 Å². The first kappa shape index (κ1) is 24.9. The van der Waals surface area contributed by atoms with E-state index in [1.165, 1.54) is 12.1 Å². The maximum Gasteiger partial charge on any atom is 0.417 e. The Balaban J connectivity index is 1.88. The van der Waals surface area contributed by atoms with Gasteiger partial charge in [0.1, 0.15) is 0 Å². The van der Waals surface area contributed by atoms with Crippen LogP contribution in [0.25, 0.3) is 0 Å². The summed E-state index contributed by atoms with van der Waals surface area (Å²) in [6, 6.07) is 6.74. The van der Waals surface area contributed by atoms with Gasteiger partial charge in [-0.25, -0.2) is 8.42 Å². The highest BCUT2D eigenvalue weighted by atomic mass is 32.2. The van der Waals surface area contributed by atoms with Crippen molar-refractivity contribution >= 4 is 15.7 Å². The normalized spacial score (nSPS) is 20.5. The number of hydrogen-bond acceptors (Lipinski definition) is 4. The molecule has 2 aromatic carbocycles. The molecule has 0 saturated carbocycles. The van der Waals surface area contributed by atoms with Crippen LogP contribution in [0.1, 0.15) is 30.5 Å². The average Bonchev–Trinajstić information content (AvgIpc) is 2.73. The van der Waals surface area contributed by atoms with E-state index in [2.05, 4.69) is 0 Å². The monoisotopic (exact) mass is 491 g/mol. The second-order valence-corrected chi connectivity index (χ2v) is 9.68. The first-order chi connectivity index (χ1) is 15.2. The molecule has 0 amide bonds. The van der Waals surface area contributed by atoms with Crippen LogP contribution in [0, 0.1) is 11.3 Å². The fraction of sp³-hybridized carbons (Fsp3) is 0.381. The molecule has 1 saturated heterocycles. The van der Waals surface area contributed by atoms with Gasteiger partial charge in [-0.2, -0.15) is 35.9 Å². The summed E-state index contributed by atoms with van der Waals surface area (Å²) in [6.07, 6.45) is -9.34. The lowest BCUT2D eigenvalue weighted by atomic mass is 10.0. The van der Waals surface area contributed by atoms with Crippen molar-refractivity contribution in [1.82, 2.24) is 4.31 Å². The molecule has 5 nitrogen and oxygen atoms in total. The predicted molar refractivity (Wildman–Crippen MR) is 108 cm³/mol. The molecule has 1 fully saturated rings. The maximum atomic E-state index is 13.3.